The lowest BCUT2D eigenvalue weighted by Gasteiger charge is -2.06. The lowest BCUT2D eigenvalue weighted by molar-refractivity contribution is 0.101. The summed E-state index contributed by atoms with van der Waals surface area (Å²) >= 11 is 0. The quantitative estimate of drug-likeness (QED) is 0.794. The molecule has 0 saturated carbocycles. The number of carbonyl (C=O) groups excluding carboxylic acids is 2. The van der Waals surface area contributed by atoms with Gasteiger partial charge in [0.1, 0.15) is 11.4 Å². The molecule has 1 aliphatic rings. The van der Waals surface area contributed by atoms with Gasteiger partial charge in [0.25, 0.3) is 5.91 Å². The fourth-order valence-corrected chi connectivity index (χ4v) is 1.88. The van der Waals surface area contributed by atoms with Gasteiger partial charge in [-0.2, -0.15) is 0 Å². The molecule has 1 N–H and O–H groups in total. The summed E-state index contributed by atoms with van der Waals surface area (Å²) in [4.78, 5) is 27.5. The van der Waals surface area contributed by atoms with Gasteiger partial charge < -0.3 is 10.1 Å². The molecule has 2 aromatic rings. The van der Waals surface area contributed by atoms with Crippen LogP contribution in [0.3, 0.4) is 0 Å². The Morgan fingerprint density at radius 2 is 2.16 bits per heavy atom. The van der Waals surface area contributed by atoms with Gasteiger partial charge in [0.2, 0.25) is 5.88 Å². The second-order valence-corrected chi connectivity index (χ2v) is 4.18. The highest BCUT2D eigenvalue weighted by molar-refractivity contribution is 6.09. The van der Waals surface area contributed by atoms with Crippen LogP contribution in [0.4, 0.5) is 5.69 Å². The zero-order valence-corrected chi connectivity index (χ0v) is 10.1. The van der Waals surface area contributed by atoms with Gasteiger partial charge in [0.15, 0.2) is 5.78 Å². The first-order chi connectivity index (χ1) is 9.15. The smallest absolute Gasteiger partial charge is 0.259 e. The van der Waals surface area contributed by atoms with E-state index < -0.39 is 0 Å². The zero-order valence-electron chi connectivity index (χ0n) is 10.1. The van der Waals surface area contributed by atoms with Crippen LogP contribution in [-0.4, -0.2) is 16.7 Å². The maximum Gasteiger partial charge on any atom is 0.259 e. The van der Waals surface area contributed by atoms with Crippen molar-refractivity contribution in [2.45, 2.75) is 6.92 Å². The molecule has 0 fully saturated rings. The summed E-state index contributed by atoms with van der Waals surface area (Å²) in [5, 5.41) is 2.71. The van der Waals surface area contributed by atoms with Crippen molar-refractivity contribution in [2.24, 2.45) is 0 Å². The van der Waals surface area contributed by atoms with Crippen LogP contribution in [0, 0.1) is 0 Å². The number of carbonyl (C=O) groups is 2. The number of Topliss-reactive ketones (excluding diaryl/α,β-unsaturated/α-hetero) is 1. The van der Waals surface area contributed by atoms with Gasteiger partial charge in [-0.1, -0.05) is 0 Å². The number of fused-ring (bicyclic) bond motifs is 2. The van der Waals surface area contributed by atoms with Gasteiger partial charge in [-0.05, 0) is 37.3 Å². The van der Waals surface area contributed by atoms with Crippen molar-refractivity contribution in [2.75, 3.05) is 5.32 Å². The minimum atomic E-state index is -0.315. The summed E-state index contributed by atoms with van der Waals surface area (Å²) in [6.07, 6.45) is 1.58. The fraction of sp³-hybridized carbons (Fsp3) is 0.0714. The van der Waals surface area contributed by atoms with Crippen molar-refractivity contribution in [1.29, 1.82) is 0 Å². The van der Waals surface area contributed by atoms with E-state index in [0.29, 0.717) is 28.4 Å². The molecule has 1 aliphatic heterocycles. The van der Waals surface area contributed by atoms with Crippen molar-refractivity contribution in [3.8, 4) is 11.6 Å². The number of nitrogens with one attached hydrogen (secondary N) is 1. The van der Waals surface area contributed by atoms with E-state index in [1.54, 1.807) is 30.5 Å². The first-order valence-electron chi connectivity index (χ1n) is 5.74. The van der Waals surface area contributed by atoms with Crippen molar-refractivity contribution in [3.63, 3.8) is 0 Å². The molecular weight excluding hydrogens is 244 g/mol. The van der Waals surface area contributed by atoms with E-state index in [1.807, 2.05) is 0 Å². The molecule has 0 bridgehead atoms. The SMILES string of the molecule is CC(=O)c1ccc2c(c1)C(=O)Nc1cccnc1O2. The normalized spacial score (nSPS) is 12.6. The second-order valence-electron chi connectivity index (χ2n) is 4.18. The molecule has 2 heterocycles. The third-order valence-electron chi connectivity index (χ3n) is 2.86. The summed E-state index contributed by atoms with van der Waals surface area (Å²) in [6.45, 7) is 1.45. The molecule has 0 radical (unpaired) electrons. The fourth-order valence-electron chi connectivity index (χ4n) is 1.88. The number of rotatable bonds is 1. The predicted molar refractivity (Wildman–Crippen MR) is 68.7 cm³/mol. The van der Waals surface area contributed by atoms with Gasteiger partial charge in [-0.3, -0.25) is 9.59 Å². The maximum absolute atomic E-state index is 12.1. The highest BCUT2D eigenvalue weighted by Crippen LogP contribution is 2.33. The monoisotopic (exact) mass is 254 g/mol. The van der Waals surface area contributed by atoms with E-state index in [1.165, 1.54) is 13.0 Å². The van der Waals surface area contributed by atoms with E-state index in [4.69, 9.17) is 4.74 Å². The van der Waals surface area contributed by atoms with Crippen LogP contribution in [0.15, 0.2) is 36.5 Å². The summed E-state index contributed by atoms with van der Waals surface area (Å²) < 4.78 is 5.60. The number of benzene rings is 1. The van der Waals surface area contributed by atoms with E-state index >= 15 is 0 Å². The van der Waals surface area contributed by atoms with E-state index in [-0.39, 0.29) is 11.7 Å². The molecule has 19 heavy (non-hydrogen) atoms. The first-order valence-corrected chi connectivity index (χ1v) is 5.74. The number of anilines is 1. The lowest BCUT2D eigenvalue weighted by Crippen LogP contribution is -2.11. The van der Waals surface area contributed by atoms with E-state index in [2.05, 4.69) is 10.3 Å². The van der Waals surface area contributed by atoms with Crippen LogP contribution < -0.4 is 10.1 Å². The van der Waals surface area contributed by atoms with Crippen molar-refractivity contribution in [1.82, 2.24) is 4.98 Å². The summed E-state index contributed by atoms with van der Waals surface area (Å²) in [6, 6.07) is 8.17. The van der Waals surface area contributed by atoms with E-state index in [9.17, 15) is 9.59 Å². The molecule has 0 saturated heterocycles. The number of pyridine rings is 1. The molecule has 0 atom stereocenters. The van der Waals surface area contributed by atoms with Gasteiger partial charge in [-0.25, -0.2) is 4.98 Å². The first kappa shape index (κ1) is 11.4. The Hall–Kier alpha value is -2.69. The Balaban J connectivity index is 2.13. The average Bonchev–Trinajstić information content (AvgIpc) is 2.54. The largest absolute Gasteiger partial charge is 0.436 e. The summed E-state index contributed by atoms with van der Waals surface area (Å²) in [5.41, 5.74) is 1.30. The minimum absolute atomic E-state index is 0.101. The standard InChI is InChI=1S/C14H10N2O3/c1-8(17)9-4-5-12-10(7-9)13(18)16-11-3-2-6-15-14(11)19-12/h2-7H,1H3,(H,16,18). The summed E-state index contributed by atoms with van der Waals surface area (Å²) in [7, 11) is 0. The third-order valence-corrected chi connectivity index (χ3v) is 2.86. The minimum Gasteiger partial charge on any atom is -0.436 e. The van der Waals surface area contributed by atoms with Crippen LogP contribution in [-0.2, 0) is 0 Å². The lowest BCUT2D eigenvalue weighted by atomic mass is 10.1. The number of nitrogens with zero attached hydrogens (tertiary/aromatic N) is 1. The van der Waals surface area contributed by atoms with Gasteiger partial charge >= 0.3 is 0 Å². The molecule has 0 spiro atoms. The topological polar surface area (TPSA) is 68.3 Å². The molecule has 1 amide bonds. The maximum atomic E-state index is 12.1. The van der Waals surface area contributed by atoms with Crippen LogP contribution in [0.5, 0.6) is 11.6 Å². The number of ether oxygens (including phenoxy) is 1. The van der Waals surface area contributed by atoms with Crippen LogP contribution in [0.2, 0.25) is 0 Å². The molecular formula is C14H10N2O3. The zero-order chi connectivity index (χ0) is 13.4. The Labute approximate surface area is 109 Å². The molecule has 5 heteroatoms. The predicted octanol–water partition coefficient (Wildman–Crippen LogP) is 2.64. The van der Waals surface area contributed by atoms with Crippen LogP contribution in [0.1, 0.15) is 27.6 Å². The molecule has 1 aromatic heterocycles. The highest BCUT2D eigenvalue weighted by atomic mass is 16.5. The molecule has 0 unspecified atom stereocenters. The van der Waals surface area contributed by atoms with E-state index in [0.717, 1.165) is 0 Å². The molecule has 0 aliphatic carbocycles. The third kappa shape index (κ3) is 1.95. The number of hydrogen-bond donors (Lipinski definition) is 1. The number of amides is 1. The van der Waals surface area contributed by atoms with Crippen LogP contribution >= 0.6 is 0 Å². The second kappa shape index (κ2) is 4.20. The number of ketones is 1. The van der Waals surface area contributed by atoms with Gasteiger partial charge in [-0.15, -0.1) is 0 Å². The molecule has 5 nitrogen and oxygen atoms in total. The van der Waals surface area contributed by atoms with Crippen molar-refractivity contribution in [3.05, 3.63) is 47.7 Å². The average molecular weight is 254 g/mol. The van der Waals surface area contributed by atoms with Gasteiger partial charge in [0.05, 0.1) is 5.56 Å². The van der Waals surface area contributed by atoms with Crippen LogP contribution in [0.25, 0.3) is 0 Å². The Morgan fingerprint density at radius 1 is 1.32 bits per heavy atom. The molecule has 94 valence electrons. The highest BCUT2D eigenvalue weighted by Gasteiger charge is 2.22. The van der Waals surface area contributed by atoms with Gasteiger partial charge in [0, 0.05) is 11.8 Å². The molecule has 3 rings (SSSR count). The number of aromatic nitrogens is 1. The molecule has 1 aromatic carbocycles. The van der Waals surface area contributed by atoms with Crippen molar-refractivity contribution < 1.29 is 14.3 Å². The Bertz CT molecular complexity index is 695. The number of hydrogen-bond acceptors (Lipinski definition) is 4. The van der Waals surface area contributed by atoms with Crippen molar-refractivity contribution >= 4 is 17.4 Å². The summed E-state index contributed by atoms with van der Waals surface area (Å²) in [5.74, 6) is 0.311. The Kier molecular flexibility index (Phi) is 2.52. The Morgan fingerprint density at radius 3 is 2.95 bits per heavy atom.